The molecule has 1 amide bonds. The summed E-state index contributed by atoms with van der Waals surface area (Å²) in [5, 5.41) is 8.68. The summed E-state index contributed by atoms with van der Waals surface area (Å²) in [5.41, 5.74) is 0. The quantitative estimate of drug-likeness (QED) is 0.625. The molecule has 1 saturated heterocycles. The molecule has 1 N–H and O–H groups in total. The maximum absolute atomic E-state index is 10.6. The smallest absolute Gasteiger partial charge is 0.407 e. The molecule has 1 heterocycles. The number of carboxylic acid groups (broad SMARTS) is 1. The van der Waals surface area contributed by atoms with E-state index < -0.39 is 6.09 Å². The third kappa shape index (κ3) is 1.58. The van der Waals surface area contributed by atoms with Crippen molar-refractivity contribution in [3.05, 3.63) is 12.7 Å². The first-order valence-corrected chi connectivity index (χ1v) is 3.82. The molecule has 0 saturated carbocycles. The summed E-state index contributed by atoms with van der Waals surface area (Å²) >= 11 is 0. The molecule has 1 aliphatic rings. The number of amides is 1. The van der Waals surface area contributed by atoms with Crippen molar-refractivity contribution in [2.24, 2.45) is 5.92 Å². The minimum atomic E-state index is -0.888. The largest absolute Gasteiger partial charge is 0.465 e. The number of carbonyl (C=O) groups is 1. The summed E-state index contributed by atoms with van der Waals surface area (Å²) < 4.78 is 5.12. The molecule has 0 radical (unpaired) electrons. The van der Waals surface area contributed by atoms with E-state index >= 15 is 0 Å². The molecule has 0 aromatic carbocycles. The Kier molecular flexibility index (Phi) is 2.70. The summed E-state index contributed by atoms with van der Waals surface area (Å²) in [6.45, 7) is 4.58. The maximum atomic E-state index is 10.6. The van der Waals surface area contributed by atoms with Crippen LogP contribution in [0.25, 0.3) is 0 Å². The van der Waals surface area contributed by atoms with Crippen molar-refractivity contribution in [3.63, 3.8) is 0 Å². The van der Waals surface area contributed by atoms with Gasteiger partial charge in [0.05, 0.1) is 12.6 Å². The Bertz CT molecular complexity index is 193. The molecule has 12 heavy (non-hydrogen) atoms. The van der Waals surface area contributed by atoms with Crippen LogP contribution in [0.3, 0.4) is 0 Å². The fourth-order valence-electron chi connectivity index (χ4n) is 1.43. The van der Waals surface area contributed by atoms with Gasteiger partial charge in [0.1, 0.15) is 0 Å². The highest BCUT2D eigenvalue weighted by Crippen LogP contribution is 2.19. The van der Waals surface area contributed by atoms with Crippen molar-refractivity contribution in [1.29, 1.82) is 0 Å². The number of likely N-dealkylation sites (tertiary alicyclic amines) is 1. The summed E-state index contributed by atoms with van der Waals surface area (Å²) in [4.78, 5) is 11.9. The molecule has 0 aromatic rings. The number of hydrogen-bond acceptors (Lipinski definition) is 2. The van der Waals surface area contributed by atoms with Crippen molar-refractivity contribution >= 4 is 6.09 Å². The van der Waals surface area contributed by atoms with E-state index in [1.165, 1.54) is 4.90 Å². The van der Waals surface area contributed by atoms with Crippen LogP contribution in [0, 0.1) is 5.92 Å². The second-order valence-electron chi connectivity index (χ2n) is 2.86. The van der Waals surface area contributed by atoms with Crippen LogP contribution in [-0.4, -0.2) is 42.4 Å². The van der Waals surface area contributed by atoms with E-state index in [2.05, 4.69) is 6.58 Å². The lowest BCUT2D eigenvalue weighted by Crippen LogP contribution is -2.27. The lowest BCUT2D eigenvalue weighted by molar-refractivity contribution is 0.0889. The highest BCUT2D eigenvalue weighted by atomic mass is 16.5. The van der Waals surface area contributed by atoms with E-state index in [1.54, 1.807) is 13.2 Å². The van der Waals surface area contributed by atoms with Gasteiger partial charge in [0.15, 0.2) is 0 Å². The first-order chi connectivity index (χ1) is 5.69. The van der Waals surface area contributed by atoms with Gasteiger partial charge in [-0.05, 0) is 0 Å². The van der Waals surface area contributed by atoms with E-state index in [-0.39, 0.29) is 12.0 Å². The molecule has 1 rings (SSSR count). The SMILES string of the molecule is C=CC1CN(C(=O)O)C[C@@H]1OC. The number of hydrogen-bond donors (Lipinski definition) is 1. The van der Waals surface area contributed by atoms with Crippen LogP contribution in [0.1, 0.15) is 0 Å². The van der Waals surface area contributed by atoms with E-state index in [1.807, 2.05) is 0 Å². The van der Waals surface area contributed by atoms with E-state index in [0.717, 1.165) is 0 Å². The average molecular weight is 171 g/mol. The van der Waals surface area contributed by atoms with Crippen molar-refractivity contribution in [2.75, 3.05) is 20.2 Å². The first kappa shape index (κ1) is 9.06. The Labute approximate surface area is 71.4 Å². The minimum absolute atomic E-state index is 0.0291. The van der Waals surface area contributed by atoms with Crippen LogP contribution in [0.2, 0.25) is 0 Å². The minimum Gasteiger partial charge on any atom is -0.465 e. The zero-order valence-electron chi connectivity index (χ0n) is 7.06. The predicted molar refractivity (Wildman–Crippen MR) is 44.1 cm³/mol. The molecule has 0 bridgehead atoms. The van der Waals surface area contributed by atoms with Gasteiger partial charge in [-0.1, -0.05) is 6.08 Å². The number of ether oxygens (including phenoxy) is 1. The molecule has 1 unspecified atom stereocenters. The van der Waals surface area contributed by atoms with Crippen molar-refractivity contribution in [2.45, 2.75) is 6.10 Å². The lowest BCUT2D eigenvalue weighted by Gasteiger charge is -2.11. The Balaban J connectivity index is 2.58. The van der Waals surface area contributed by atoms with Gasteiger partial charge in [0.25, 0.3) is 0 Å². The highest BCUT2D eigenvalue weighted by Gasteiger charge is 2.33. The topological polar surface area (TPSA) is 49.8 Å². The van der Waals surface area contributed by atoms with Crippen LogP contribution < -0.4 is 0 Å². The zero-order chi connectivity index (χ0) is 9.14. The van der Waals surface area contributed by atoms with Gasteiger partial charge in [-0.25, -0.2) is 4.79 Å². The Morgan fingerprint density at radius 3 is 2.75 bits per heavy atom. The summed E-state index contributed by atoms with van der Waals surface area (Å²) in [6.07, 6.45) is 0.830. The van der Waals surface area contributed by atoms with Gasteiger partial charge in [0, 0.05) is 19.6 Å². The second-order valence-corrected chi connectivity index (χ2v) is 2.86. The molecule has 0 aromatic heterocycles. The van der Waals surface area contributed by atoms with Crippen LogP contribution in [0.4, 0.5) is 4.79 Å². The lowest BCUT2D eigenvalue weighted by atomic mass is 10.1. The van der Waals surface area contributed by atoms with Gasteiger partial charge >= 0.3 is 6.09 Å². The van der Waals surface area contributed by atoms with Crippen LogP contribution in [0.15, 0.2) is 12.7 Å². The molecular formula is C8H13NO3. The van der Waals surface area contributed by atoms with Crippen LogP contribution >= 0.6 is 0 Å². The summed E-state index contributed by atoms with van der Waals surface area (Å²) in [7, 11) is 1.59. The molecule has 2 atom stereocenters. The molecule has 1 fully saturated rings. The summed E-state index contributed by atoms with van der Waals surface area (Å²) in [5.74, 6) is 0.131. The monoisotopic (exact) mass is 171 g/mol. The number of methoxy groups -OCH3 is 1. The van der Waals surface area contributed by atoms with Crippen molar-refractivity contribution in [3.8, 4) is 0 Å². The van der Waals surface area contributed by atoms with Gasteiger partial charge < -0.3 is 14.7 Å². The third-order valence-electron chi connectivity index (χ3n) is 2.19. The molecule has 0 aliphatic carbocycles. The van der Waals surface area contributed by atoms with E-state index in [9.17, 15) is 4.79 Å². The van der Waals surface area contributed by atoms with Crippen LogP contribution in [-0.2, 0) is 4.74 Å². The Hall–Kier alpha value is -1.03. The van der Waals surface area contributed by atoms with Crippen LogP contribution in [0.5, 0.6) is 0 Å². The number of rotatable bonds is 2. The third-order valence-corrected chi connectivity index (χ3v) is 2.19. The molecule has 1 aliphatic heterocycles. The Morgan fingerprint density at radius 1 is 1.75 bits per heavy atom. The maximum Gasteiger partial charge on any atom is 0.407 e. The van der Waals surface area contributed by atoms with Crippen molar-refractivity contribution < 1.29 is 14.6 Å². The molecule has 0 spiro atoms. The van der Waals surface area contributed by atoms with E-state index in [0.29, 0.717) is 13.1 Å². The molecule has 68 valence electrons. The normalized spacial score (nSPS) is 28.9. The Morgan fingerprint density at radius 2 is 2.42 bits per heavy atom. The molecular weight excluding hydrogens is 158 g/mol. The highest BCUT2D eigenvalue weighted by molar-refractivity contribution is 5.65. The standard InChI is InChI=1S/C8H13NO3/c1-3-6-4-9(8(10)11)5-7(6)12-2/h3,6-7H,1,4-5H2,2H3,(H,10,11)/t6?,7-/m0/s1. The average Bonchev–Trinajstić information content (AvgIpc) is 2.46. The van der Waals surface area contributed by atoms with Gasteiger partial charge in [-0.15, -0.1) is 6.58 Å². The van der Waals surface area contributed by atoms with Crippen molar-refractivity contribution in [1.82, 2.24) is 4.90 Å². The molecule has 4 nitrogen and oxygen atoms in total. The summed E-state index contributed by atoms with van der Waals surface area (Å²) in [6, 6.07) is 0. The van der Waals surface area contributed by atoms with Gasteiger partial charge in [-0.3, -0.25) is 0 Å². The fourth-order valence-corrected chi connectivity index (χ4v) is 1.43. The zero-order valence-corrected chi connectivity index (χ0v) is 7.06. The second kappa shape index (κ2) is 3.58. The fraction of sp³-hybridized carbons (Fsp3) is 0.625. The first-order valence-electron chi connectivity index (χ1n) is 3.82. The van der Waals surface area contributed by atoms with Gasteiger partial charge in [0.2, 0.25) is 0 Å². The van der Waals surface area contributed by atoms with Gasteiger partial charge in [-0.2, -0.15) is 0 Å². The predicted octanol–water partition coefficient (Wildman–Crippen LogP) is 0.797. The van der Waals surface area contributed by atoms with E-state index in [4.69, 9.17) is 9.84 Å². The molecule has 4 heteroatoms. The number of nitrogens with zero attached hydrogens (tertiary/aromatic N) is 1.